The number of rotatable bonds is 13. The van der Waals surface area contributed by atoms with Gasteiger partial charge in [0.05, 0.1) is 6.10 Å². The van der Waals surface area contributed by atoms with Gasteiger partial charge in [-0.2, -0.15) is 0 Å². The molecule has 130 valence electrons. The van der Waals surface area contributed by atoms with Gasteiger partial charge < -0.3 is 4.74 Å². The predicted octanol–water partition coefficient (Wildman–Crippen LogP) is 6.00. The predicted molar refractivity (Wildman–Crippen MR) is 103 cm³/mol. The molecule has 1 heterocycles. The minimum atomic E-state index is 0.514. The zero-order chi connectivity index (χ0) is 16.0. The summed E-state index contributed by atoms with van der Waals surface area (Å²) in [4.78, 5) is 0. The number of hydrogen-bond donors (Lipinski definition) is 0. The van der Waals surface area contributed by atoms with Crippen LogP contribution in [-0.2, 0) is 16.1 Å². The summed E-state index contributed by atoms with van der Waals surface area (Å²) < 4.78 is 6.16. The van der Waals surface area contributed by atoms with Crippen LogP contribution in [0.3, 0.4) is 0 Å². The molecule has 1 fully saturated rings. The van der Waals surface area contributed by atoms with Crippen molar-refractivity contribution in [1.29, 1.82) is 0 Å². The maximum absolute atomic E-state index is 6.16. The first-order valence-corrected chi connectivity index (χ1v) is 10.9. The van der Waals surface area contributed by atoms with E-state index in [4.69, 9.17) is 4.74 Å². The van der Waals surface area contributed by atoms with Gasteiger partial charge in [-0.05, 0) is 32.1 Å². The molecule has 3 unspecified atom stereocenters. The van der Waals surface area contributed by atoms with E-state index in [2.05, 4.69) is 19.7 Å². The smallest absolute Gasteiger partial charge is 0.190 e. The molecule has 0 aliphatic carbocycles. The summed E-state index contributed by atoms with van der Waals surface area (Å²) in [5.41, 5.74) is 0. The average molecular weight is 328 g/mol. The zero-order valence-corrected chi connectivity index (χ0v) is 16.0. The maximum Gasteiger partial charge on any atom is 0.190 e. The molecule has 22 heavy (non-hydrogen) atoms. The molecule has 0 radical (unpaired) electrons. The second-order valence-corrected chi connectivity index (χ2v) is 7.91. The van der Waals surface area contributed by atoms with Crippen LogP contribution in [0.1, 0.15) is 97.3 Å². The molecular formula is C20H39OS+. The Morgan fingerprint density at radius 1 is 0.955 bits per heavy atom. The van der Waals surface area contributed by atoms with Gasteiger partial charge in [0, 0.05) is 18.9 Å². The molecule has 0 amide bonds. The third kappa shape index (κ3) is 8.06. The lowest BCUT2D eigenvalue weighted by molar-refractivity contribution is -0.0247. The van der Waals surface area contributed by atoms with Gasteiger partial charge in [0.15, 0.2) is 22.5 Å². The Morgan fingerprint density at radius 3 is 2.27 bits per heavy atom. The molecule has 1 aliphatic heterocycles. The van der Waals surface area contributed by atoms with E-state index in [-0.39, 0.29) is 0 Å². The summed E-state index contributed by atoms with van der Waals surface area (Å²) in [6.45, 7) is 5.58. The van der Waals surface area contributed by atoms with Crippen LogP contribution in [0, 0.1) is 5.92 Å². The van der Waals surface area contributed by atoms with E-state index in [1.54, 1.807) is 0 Å². The SMILES string of the molecule is C=[S+]C(CCCCCCC)C(CCCCC)C1CCCCO1. The highest BCUT2D eigenvalue weighted by atomic mass is 32.1. The maximum atomic E-state index is 6.16. The highest BCUT2D eigenvalue weighted by molar-refractivity contribution is 7.76. The summed E-state index contributed by atoms with van der Waals surface area (Å²) in [5.74, 6) is 4.94. The summed E-state index contributed by atoms with van der Waals surface area (Å²) in [7, 11) is 0. The molecule has 0 aromatic carbocycles. The normalized spacial score (nSPS) is 21.5. The zero-order valence-electron chi connectivity index (χ0n) is 15.2. The first-order valence-electron chi connectivity index (χ1n) is 9.85. The van der Waals surface area contributed by atoms with Crippen molar-refractivity contribution in [3.05, 3.63) is 0 Å². The minimum absolute atomic E-state index is 0.514. The van der Waals surface area contributed by atoms with Gasteiger partial charge in [-0.15, -0.1) is 0 Å². The monoisotopic (exact) mass is 327 g/mol. The van der Waals surface area contributed by atoms with Gasteiger partial charge in [-0.3, -0.25) is 0 Å². The molecule has 0 aromatic rings. The van der Waals surface area contributed by atoms with Gasteiger partial charge in [-0.25, -0.2) is 0 Å². The lowest BCUT2D eigenvalue weighted by Gasteiger charge is -2.31. The Labute approximate surface area is 143 Å². The molecule has 0 saturated carbocycles. The summed E-state index contributed by atoms with van der Waals surface area (Å²) in [6, 6.07) is 0. The van der Waals surface area contributed by atoms with Gasteiger partial charge in [0.25, 0.3) is 0 Å². The first-order chi connectivity index (χ1) is 10.8. The van der Waals surface area contributed by atoms with E-state index in [0.717, 1.165) is 12.5 Å². The van der Waals surface area contributed by atoms with Crippen molar-refractivity contribution < 1.29 is 4.74 Å². The van der Waals surface area contributed by atoms with Crippen LogP contribution in [0.25, 0.3) is 0 Å². The molecule has 0 spiro atoms. The van der Waals surface area contributed by atoms with E-state index >= 15 is 0 Å². The fourth-order valence-corrected chi connectivity index (χ4v) is 4.61. The van der Waals surface area contributed by atoms with Crippen LogP contribution in [0.2, 0.25) is 0 Å². The Bertz CT molecular complexity index is 260. The van der Waals surface area contributed by atoms with Crippen molar-refractivity contribution in [1.82, 2.24) is 0 Å². The van der Waals surface area contributed by atoms with Crippen LogP contribution in [0.15, 0.2) is 0 Å². The molecule has 1 rings (SSSR count). The first kappa shape index (κ1) is 20.1. The van der Waals surface area contributed by atoms with E-state index in [1.165, 1.54) is 83.5 Å². The molecular weight excluding hydrogens is 288 g/mol. The third-order valence-corrected chi connectivity index (χ3v) is 6.13. The van der Waals surface area contributed by atoms with Crippen molar-refractivity contribution in [3.8, 4) is 0 Å². The highest BCUT2D eigenvalue weighted by Crippen LogP contribution is 2.30. The second kappa shape index (κ2) is 13.5. The largest absolute Gasteiger partial charge is 0.378 e. The molecule has 1 saturated heterocycles. The van der Waals surface area contributed by atoms with Crippen molar-refractivity contribution in [2.45, 2.75) is 109 Å². The van der Waals surface area contributed by atoms with Gasteiger partial charge in [-0.1, -0.05) is 58.8 Å². The fourth-order valence-electron chi connectivity index (χ4n) is 3.71. The topological polar surface area (TPSA) is 9.23 Å². The van der Waals surface area contributed by atoms with E-state index in [9.17, 15) is 0 Å². The lowest BCUT2D eigenvalue weighted by atomic mass is 9.86. The molecule has 0 aromatic heterocycles. The van der Waals surface area contributed by atoms with Crippen molar-refractivity contribution in [2.75, 3.05) is 6.61 Å². The quantitative estimate of drug-likeness (QED) is 0.229. The van der Waals surface area contributed by atoms with Crippen molar-refractivity contribution in [3.63, 3.8) is 0 Å². The molecule has 0 N–H and O–H groups in total. The Morgan fingerprint density at radius 2 is 1.64 bits per heavy atom. The molecule has 0 bridgehead atoms. The fraction of sp³-hybridized carbons (Fsp3) is 0.950. The van der Waals surface area contributed by atoms with Crippen LogP contribution in [-0.4, -0.2) is 23.8 Å². The summed E-state index contributed by atoms with van der Waals surface area (Å²) in [6.07, 6.45) is 18.1. The molecule has 1 aliphatic rings. The lowest BCUT2D eigenvalue weighted by Crippen LogP contribution is -2.36. The Balaban J connectivity index is 2.46. The highest BCUT2D eigenvalue weighted by Gasteiger charge is 2.35. The summed E-state index contributed by atoms with van der Waals surface area (Å²) in [5, 5.41) is 0.710. The van der Waals surface area contributed by atoms with E-state index in [1.807, 2.05) is 11.4 Å². The standard InChI is InChI=1S/C20H39OS/c1-4-6-8-9-11-16-20(22-3)18(14-10-7-5-2)19-15-12-13-17-21-19/h18-20H,3-17H2,1-2H3/q+1. The number of unbranched alkanes of at least 4 members (excludes halogenated alkanes) is 6. The van der Waals surface area contributed by atoms with Gasteiger partial charge in [0.2, 0.25) is 0 Å². The summed E-state index contributed by atoms with van der Waals surface area (Å²) >= 11 is 1.86. The van der Waals surface area contributed by atoms with Gasteiger partial charge in [0.1, 0.15) is 0 Å². The number of ether oxygens (including phenoxy) is 1. The number of hydrogen-bond acceptors (Lipinski definition) is 1. The Kier molecular flexibility index (Phi) is 12.3. The van der Waals surface area contributed by atoms with Crippen LogP contribution < -0.4 is 0 Å². The molecule has 3 atom stereocenters. The second-order valence-electron chi connectivity index (χ2n) is 6.97. The van der Waals surface area contributed by atoms with Crippen molar-refractivity contribution >= 4 is 17.2 Å². The average Bonchev–Trinajstić information content (AvgIpc) is 2.57. The van der Waals surface area contributed by atoms with Crippen molar-refractivity contribution in [2.24, 2.45) is 5.92 Å². The Hall–Kier alpha value is 0.0500. The van der Waals surface area contributed by atoms with E-state index < -0.39 is 0 Å². The van der Waals surface area contributed by atoms with Gasteiger partial charge >= 0.3 is 0 Å². The third-order valence-electron chi connectivity index (χ3n) is 5.12. The minimum Gasteiger partial charge on any atom is -0.378 e. The van der Waals surface area contributed by atoms with Crippen LogP contribution >= 0.6 is 0 Å². The molecule has 1 nitrogen and oxygen atoms in total. The van der Waals surface area contributed by atoms with Crippen LogP contribution in [0.4, 0.5) is 0 Å². The van der Waals surface area contributed by atoms with Crippen LogP contribution in [0.5, 0.6) is 0 Å². The molecule has 2 heteroatoms. The van der Waals surface area contributed by atoms with E-state index in [0.29, 0.717) is 11.4 Å².